The highest BCUT2D eigenvalue weighted by molar-refractivity contribution is 14.1. The van der Waals surface area contributed by atoms with Crippen LogP contribution in [0, 0.1) is 9.39 Å². The van der Waals surface area contributed by atoms with Gasteiger partial charge in [0, 0.05) is 17.2 Å². The van der Waals surface area contributed by atoms with Crippen LogP contribution in [0.2, 0.25) is 0 Å². The first-order valence-corrected chi connectivity index (χ1v) is 6.90. The van der Waals surface area contributed by atoms with E-state index < -0.39 is 0 Å². The minimum absolute atomic E-state index is 0.0609. The molecular weight excluding hydrogens is 356 g/mol. The normalized spacial score (nSPS) is 10.3. The molecule has 0 heterocycles. The number of amides is 1. The molecule has 0 saturated carbocycles. The largest absolute Gasteiger partial charge is 0.337 e. The summed E-state index contributed by atoms with van der Waals surface area (Å²) in [6, 6.07) is 13.7. The molecule has 0 radical (unpaired) electrons. The Morgan fingerprint density at radius 1 is 1.21 bits per heavy atom. The van der Waals surface area contributed by atoms with E-state index in [0.29, 0.717) is 12.1 Å². The Balaban J connectivity index is 2.14. The van der Waals surface area contributed by atoms with Crippen LogP contribution < -0.4 is 0 Å². The highest BCUT2D eigenvalue weighted by Gasteiger charge is 2.14. The summed E-state index contributed by atoms with van der Waals surface area (Å²) in [6.07, 6.45) is 0. The van der Waals surface area contributed by atoms with Crippen LogP contribution >= 0.6 is 22.6 Å². The summed E-state index contributed by atoms with van der Waals surface area (Å²) >= 11 is 2.14. The van der Waals surface area contributed by atoms with Crippen molar-refractivity contribution in [2.45, 2.75) is 6.54 Å². The van der Waals surface area contributed by atoms with E-state index >= 15 is 0 Å². The number of rotatable bonds is 3. The molecule has 19 heavy (non-hydrogen) atoms. The Labute approximate surface area is 125 Å². The zero-order chi connectivity index (χ0) is 13.8. The fraction of sp³-hybridized carbons (Fsp3) is 0.133. The zero-order valence-electron chi connectivity index (χ0n) is 10.4. The minimum Gasteiger partial charge on any atom is -0.337 e. The number of halogens is 2. The van der Waals surface area contributed by atoms with Crippen LogP contribution in [-0.4, -0.2) is 17.9 Å². The Kier molecular flexibility index (Phi) is 4.52. The molecule has 0 N–H and O–H groups in total. The Hall–Kier alpha value is -1.43. The van der Waals surface area contributed by atoms with Crippen LogP contribution in [0.3, 0.4) is 0 Å². The van der Waals surface area contributed by atoms with Crippen molar-refractivity contribution in [1.29, 1.82) is 0 Å². The van der Waals surface area contributed by atoms with E-state index in [1.165, 1.54) is 12.1 Å². The minimum atomic E-state index is -0.285. The molecule has 2 aromatic carbocycles. The first kappa shape index (κ1) is 14.0. The second kappa shape index (κ2) is 6.14. The fourth-order valence-electron chi connectivity index (χ4n) is 1.82. The number of carbonyl (C=O) groups excluding carboxylic acids is 1. The van der Waals surface area contributed by atoms with Crippen LogP contribution in [0.4, 0.5) is 4.39 Å². The number of hydrogen-bond acceptors (Lipinski definition) is 1. The van der Waals surface area contributed by atoms with Gasteiger partial charge in [-0.2, -0.15) is 0 Å². The smallest absolute Gasteiger partial charge is 0.254 e. The van der Waals surface area contributed by atoms with Gasteiger partial charge in [0.1, 0.15) is 5.82 Å². The lowest BCUT2D eigenvalue weighted by Crippen LogP contribution is -2.26. The molecule has 0 aromatic heterocycles. The molecule has 2 nitrogen and oxygen atoms in total. The zero-order valence-corrected chi connectivity index (χ0v) is 12.6. The Bertz CT molecular complexity index is 600. The summed E-state index contributed by atoms with van der Waals surface area (Å²) in [4.78, 5) is 13.9. The predicted octanol–water partition coefficient (Wildman–Crippen LogP) is 3.70. The molecule has 98 valence electrons. The van der Waals surface area contributed by atoms with Crippen LogP contribution in [-0.2, 0) is 6.54 Å². The molecule has 0 aliphatic rings. The number of carbonyl (C=O) groups is 1. The quantitative estimate of drug-likeness (QED) is 0.756. The second-order valence-electron chi connectivity index (χ2n) is 4.27. The van der Waals surface area contributed by atoms with Crippen LogP contribution in [0.1, 0.15) is 15.9 Å². The molecule has 0 aliphatic carbocycles. The Morgan fingerprint density at radius 2 is 1.95 bits per heavy atom. The molecule has 0 aliphatic heterocycles. The molecule has 0 unspecified atom stereocenters. The lowest BCUT2D eigenvalue weighted by atomic mass is 10.1. The first-order valence-electron chi connectivity index (χ1n) is 5.82. The van der Waals surface area contributed by atoms with Crippen LogP contribution in [0.5, 0.6) is 0 Å². The number of nitrogens with zero attached hydrogens (tertiary/aromatic N) is 1. The van der Waals surface area contributed by atoms with E-state index in [9.17, 15) is 9.18 Å². The summed E-state index contributed by atoms with van der Waals surface area (Å²) in [7, 11) is 1.72. The van der Waals surface area contributed by atoms with E-state index in [-0.39, 0.29) is 11.7 Å². The van der Waals surface area contributed by atoms with E-state index in [1.54, 1.807) is 24.1 Å². The lowest BCUT2D eigenvalue weighted by Gasteiger charge is -2.18. The van der Waals surface area contributed by atoms with Gasteiger partial charge in [-0.25, -0.2) is 4.39 Å². The molecule has 0 bridgehead atoms. The average Bonchev–Trinajstić information content (AvgIpc) is 2.38. The van der Waals surface area contributed by atoms with Gasteiger partial charge in [0.05, 0.1) is 5.56 Å². The maximum atomic E-state index is 13.1. The van der Waals surface area contributed by atoms with Gasteiger partial charge < -0.3 is 4.90 Å². The molecule has 2 aromatic rings. The highest BCUT2D eigenvalue weighted by atomic mass is 127. The summed E-state index contributed by atoms with van der Waals surface area (Å²) in [5.41, 5.74) is 1.45. The maximum absolute atomic E-state index is 13.1. The van der Waals surface area contributed by atoms with Gasteiger partial charge in [-0.3, -0.25) is 4.79 Å². The summed E-state index contributed by atoms with van der Waals surface area (Å²) in [6.45, 7) is 0.390. The highest BCUT2D eigenvalue weighted by Crippen LogP contribution is 2.15. The third kappa shape index (κ3) is 3.53. The van der Waals surface area contributed by atoms with E-state index in [2.05, 4.69) is 22.6 Å². The molecule has 0 atom stereocenters. The summed E-state index contributed by atoms with van der Waals surface area (Å²) in [5, 5.41) is 0. The van der Waals surface area contributed by atoms with E-state index in [0.717, 1.165) is 9.13 Å². The van der Waals surface area contributed by atoms with Gasteiger partial charge in [-0.15, -0.1) is 0 Å². The molecule has 2 rings (SSSR count). The van der Waals surface area contributed by atoms with Crippen molar-refractivity contribution in [2.24, 2.45) is 0 Å². The van der Waals surface area contributed by atoms with Crippen molar-refractivity contribution < 1.29 is 9.18 Å². The molecule has 0 fully saturated rings. The molecular formula is C15H13FINO. The third-order valence-corrected chi connectivity index (χ3v) is 3.70. The van der Waals surface area contributed by atoms with Crippen molar-refractivity contribution in [2.75, 3.05) is 7.05 Å². The molecule has 0 saturated heterocycles. The number of benzene rings is 2. The topological polar surface area (TPSA) is 20.3 Å². The third-order valence-electron chi connectivity index (χ3n) is 2.76. The van der Waals surface area contributed by atoms with Crippen molar-refractivity contribution in [3.05, 3.63) is 69.0 Å². The summed E-state index contributed by atoms with van der Waals surface area (Å²) in [5.74, 6) is -0.345. The standard InChI is InChI=1S/C15H13FINO/c1-18(10-11-5-4-6-12(16)9-11)15(19)13-7-2-3-8-14(13)17/h2-9H,10H2,1H3. The van der Waals surface area contributed by atoms with Crippen molar-refractivity contribution in [1.82, 2.24) is 4.90 Å². The van der Waals surface area contributed by atoms with Crippen molar-refractivity contribution >= 4 is 28.5 Å². The monoisotopic (exact) mass is 369 g/mol. The number of hydrogen-bond donors (Lipinski definition) is 0. The summed E-state index contributed by atoms with van der Waals surface area (Å²) < 4.78 is 14.0. The fourth-order valence-corrected chi connectivity index (χ4v) is 2.44. The van der Waals surface area contributed by atoms with E-state index in [4.69, 9.17) is 0 Å². The van der Waals surface area contributed by atoms with Crippen molar-refractivity contribution in [3.63, 3.8) is 0 Å². The molecule has 0 spiro atoms. The molecule has 1 amide bonds. The van der Waals surface area contributed by atoms with Crippen LogP contribution in [0.25, 0.3) is 0 Å². The SMILES string of the molecule is CN(Cc1cccc(F)c1)C(=O)c1ccccc1I. The van der Waals surface area contributed by atoms with Gasteiger partial charge in [0.25, 0.3) is 5.91 Å². The van der Waals surface area contributed by atoms with E-state index in [1.807, 2.05) is 24.3 Å². The first-order chi connectivity index (χ1) is 9.08. The van der Waals surface area contributed by atoms with Crippen LogP contribution in [0.15, 0.2) is 48.5 Å². The predicted molar refractivity (Wildman–Crippen MR) is 81.4 cm³/mol. The van der Waals surface area contributed by atoms with Gasteiger partial charge in [-0.1, -0.05) is 24.3 Å². The lowest BCUT2D eigenvalue weighted by molar-refractivity contribution is 0.0784. The second-order valence-corrected chi connectivity index (χ2v) is 5.43. The molecule has 4 heteroatoms. The van der Waals surface area contributed by atoms with Crippen molar-refractivity contribution in [3.8, 4) is 0 Å². The maximum Gasteiger partial charge on any atom is 0.254 e. The average molecular weight is 369 g/mol. The Morgan fingerprint density at radius 3 is 2.63 bits per heavy atom. The van der Waals surface area contributed by atoms with Gasteiger partial charge in [0.2, 0.25) is 0 Å². The van der Waals surface area contributed by atoms with Gasteiger partial charge in [0.15, 0.2) is 0 Å². The van der Waals surface area contributed by atoms with Gasteiger partial charge >= 0.3 is 0 Å². The van der Waals surface area contributed by atoms with Gasteiger partial charge in [-0.05, 0) is 52.4 Å².